The van der Waals surface area contributed by atoms with E-state index in [9.17, 15) is 4.79 Å². The molecule has 1 amide bonds. The quantitative estimate of drug-likeness (QED) is 0.747. The molecule has 1 aromatic heterocycles. The molecule has 4 heteroatoms. The van der Waals surface area contributed by atoms with Crippen LogP contribution in [-0.4, -0.2) is 11.9 Å². The third-order valence-corrected chi connectivity index (χ3v) is 3.86. The number of hydrogen-bond acceptors (Lipinski definition) is 3. The fourth-order valence-electron chi connectivity index (χ4n) is 1.77. The normalized spacial score (nSPS) is 17.2. The van der Waals surface area contributed by atoms with Crippen LogP contribution in [-0.2, 0) is 0 Å². The highest BCUT2D eigenvalue weighted by Crippen LogP contribution is 2.20. The van der Waals surface area contributed by atoms with E-state index in [2.05, 4.69) is 17.9 Å². The Hall–Kier alpha value is -0.480. The van der Waals surface area contributed by atoms with Crippen LogP contribution < -0.4 is 5.32 Å². The van der Waals surface area contributed by atoms with Crippen molar-refractivity contribution in [3.8, 4) is 0 Å². The van der Waals surface area contributed by atoms with Crippen LogP contribution in [0.25, 0.3) is 0 Å². The highest BCUT2D eigenvalue weighted by Gasteiger charge is 2.18. The maximum atomic E-state index is 11.7. The van der Waals surface area contributed by atoms with E-state index < -0.39 is 0 Å². The smallest absolute Gasteiger partial charge is 0.261 e. The molecule has 0 unspecified atom stereocenters. The van der Waals surface area contributed by atoms with E-state index in [1.807, 2.05) is 11.4 Å². The average Bonchev–Trinajstić information content (AvgIpc) is 2.75. The lowest BCUT2D eigenvalue weighted by Gasteiger charge is -2.10. The summed E-state index contributed by atoms with van der Waals surface area (Å²) in [6.07, 6.45) is 4.75. The van der Waals surface area contributed by atoms with E-state index in [4.69, 9.17) is 0 Å². The second kappa shape index (κ2) is 4.36. The van der Waals surface area contributed by atoms with Crippen LogP contribution in [0, 0.1) is 0 Å². The molecule has 1 saturated carbocycles. The van der Waals surface area contributed by atoms with E-state index in [0.29, 0.717) is 6.04 Å². The Labute approximate surface area is 93.1 Å². The molecule has 1 aliphatic rings. The minimum atomic E-state index is 0.0576. The van der Waals surface area contributed by atoms with Crippen LogP contribution in [0.3, 0.4) is 0 Å². The van der Waals surface area contributed by atoms with Gasteiger partial charge in [-0.05, 0) is 18.9 Å². The van der Waals surface area contributed by atoms with Gasteiger partial charge in [0.2, 0.25) is 0 Å². The molecule has 14 heavy (non-hydrogen) atoms. The van der Waals surface area contributed by atoms with Crippen molar-refractivity contribution in [2.24, 2.45) is 0 Å². The van der Waals surface area contributed by atoms with Crippen molar-refractivity contribution < 1.29 is 4.79 Å². The van der Waals surface area contributed by atoms with Gasteiger partial charge >= 0.3 is 0 Å². The maximum absolute atomic E-state index is 11.7. The van der Waals surface area contributed by atoms with Crippen molar-refractivity contribution in [1.29, 1.82) is 0 Å². The van der Waals surface area contributed by atoms with Gasteiger partial charge in [0.15, 0.2) is 0 Å². The lowest BCUT2D eigenvalue weighted by Crippen LogP contribution is -2.31. The molecule has 2 rings (SSSR count). The second-order valence-electron chi connectivity index (χ2n) is 3.62. The third kappa shape index (κ3) is 2.30. The number of rotatable bonds is 2. The molecule has 1 aliphatic carbocycles. The first-order chi connectivity index (χ1) is 6.75. The highest BCUT2D eigenvalue weighted by atomic mass is 32.1. The van der Waals surface area contributed by atoms with Gasteiger partial charge < -0.3 is 5.32 Å². The van der Waals surface area contributed by atoms with Crippen LogP contribution in [0.15, 0.2) is 16.3 Å². The van der Waals surface area contributed by atoms with Crippen LogP contribution in [0.4, 0.5) is 0 Å². The predicted octanol–water partition coefficient (Wildman–Crippen LogP) is 2.71. The summed E-state index contributed by atoms with van der Waals surface area (Å²) >= 11 is 5.63. The van der Waals surface area contributed by atoms with E-state index in [0.717, 1.165) is 22.6 Å². The minimum absolute atomic E-state index is 0.0576. The molecule has 2 nitrogen and oxygen atoms in total. The summed E-state index contributed by atoms with van der Waals surface area (Å²) in [6, 6.07) is 2.21. The number of carbonyl (C=O) groups is 1. The molecule has 0 atom stereocenters. The number of amides is 1. The standard InChI is InChI=1S/C10H13NOS2/c12-10(9-5-8(13)6-14-9)11-7-3-1-2-4-7/h5-7,13H,1-4H2,(H,11,12). The number of thiophene rings is 1. The lowest BCUT2D eigenvalue weighted by atomic mass is 10.2. The zero-order chi connectivity index (χ0) is 9.97. The summed E-state index contributed by atoms with van der Waals surface area (Å²) < 4.78 is 0. The van der Waals surface area contributed by atoms with Crippen molar-refractivity contribution >= 4 is 29.9 Å². The summed E-state index contributed by atoms with van der Waals surface area (Å²) in [6.45, 7) is 0. The molecular weight excluding hydrogens is 214 g/mol. The van der Waals surface area contributed by atoms with Crippen molar-refractivity contribution in [2.45, 2.75) is 36.6 Å². The Balaban J connectivity index is 1.95. The predicted molar refractivity (Wildman–Crippen MR) is 61.3 cm³/mol. The molecule has 1 heterocycles. The molecule has 1 aromatic rings. The van der Waals surface area contributed by atoms with Crippen molar-refractivity contribution in [3.05, 3.63) is 16.3 Å². The number of carbonyl (C=O) groups excluding carboxylic acids is 1. The minimum Gasteiger partial charge on any atom is -0.349 e. The molecular formula is C10H13NOS2. The lowest BCUT2D eigenvalue weighted by molar-refractivity contribution is 0.0942. The number of thiol groups is 1. The zero-order valence-electron chi connectivity index (χ0n) is 7.82. The SMILES string of the molecule is O=C(NC1CCCC1)c1cc(S)cs1. The van der Waals surface area contributed by atoms with Crippen LogP contribution in [0.5, 0.6) is 0 Å². The monoisotopic (exact) mass is 227 g/mol. The molecule has 0 spiro atoms. The van der Waals surface area contributed by atoms with Crippen LogP contribution in [0.1, 0.15) is 35.4 Å². The van der Waals surface area contributed by atoms with Crippen molar-refractivity contribution in [2.75, 3.05) is 0 Å². The Morgan fingerprint density at radius 2 is 2.21 bits per heavy atom. The van der Waals surface area contributed by atoms with Crippen LogP contribution in [0.2, 0.25) is 0 Å². The van der Waals surface area contributed by atoms with Gasteiger partial charge in [-0.25, -0.2) is 0 Å². The van der Waals surface area contributed by atoms with E-state index in [-0.39, 0.29) is 5.91 Å². The van der Waals surface area contributed by atoms with Gasteiger partial charge in [-0.2, -0.15) is 0 Å². The zero-order valence-corrected chi connectivity index (χ0v) is 9.54. The first-order valence-corrected chi connectivity index (χ1v) is 6.17. The summed E-state index contributed by atoms with van der Waals surface area (Å²) in [4.78, 5) is 13.3. The van der Waals surface area contributed by atoms with Crippen molar-refractivity contribution in [1.82, 2.24) is 5.32 Å². The van der Waals surface area contributed by atoms with Gasteiger partial charge in [0.05, 0.1) is 4.88 Å². The summed E-state index contributed by atoms with van der Waals surface area (Å²) in [5.74, 6) is 0.0576. The first kappa shape index (κ1) is 10.1. The fourth-order valence-corrected chi connectivity index (χ4v) is 2.82. The topological polar surface area (TPSA) is 29.1 Å². The molecule has 0 radical (unpaired) electrons. The fraction of sp³-hybridized carbons (Fsp3) is 0.500. The molecule has 1 fully saturated rings. The van der Waals surface area contributed by atoms with E-state index >= 15 is 0 Å². The first-order valence-electron chi connectivity index (χ1n) is 4.84. The van der Waals surface area contributed by atoms with Gasteiger partial charge in [-0.3, -0.25) is 4.79 Å². The molecule has 1 N–H and O–H groups in total. The van der Waals surface area contributed by atoms with Gasteiger partial charge in [0.1, 0.15) is 0 Å². The summed E-state index contributed by atoms with van der Waals surface area (Å²) in [7, 11) is 0. The third-order valence-electron chi connectivity index (χ3n) is 2.50. The Morgan fingerprint density at radius 3 is 2.79 bits per heavy atom. The van der Waals surface area contributed by atoms with E-state index in [1.54, 1.807) is 0 Å². The van der Waals surface area contributed by atoms with E-state index in [1.165, 1.54) is 24.2 Å². The molecule has 0 aliphatic heterocycles. The van der Waals surface area contributed by atoms with Gasteiger partial charge in [-0.15, -0.1) is 24.0 Å². The van der Waals surface area contributed by atoms with Gasteiger partial charge in [-0.1, -0.05) is 12.8 Å². The molecule has 76 valence electrons. The Kier molecular flexibility index (Phi) is 3.13. The Morgan fingerprint density at radius 1 is 1.50 bits per heavy atom. The van der Waals surface area contributed by atoms with Gasteiger partial charge in [0, 0.05) is 16.3 Å². The highest BCUT2D eigenvalue weighted by molar-refractivity contribution is 7.80. The molecule has 0 bridgehead atoms. The summed E-state index contributed by atoms with van der Waals surface area (Å²) in [5, 5.41) is 4.93. The largest absolute Gasteiger partial charge is 0.349 e. The average molecular weight is 227 g/mol. The Bertz CT molecular complexity index is 329. The summed E-state index contributed by atoms with van der Waals surface area (Å²) in [5.41, 5.74) is 0. The maximum Gasteiger partial charge on any atom is 0.261 e. The number of nitrogens with one attached hydrogen (secondary N) is 1. The van der Waals surface area contributed by atoms with Gasteiger partial charge in [0.25, 0.3) is 5.91 Å². The number of hydrogen-bond donors (Lipinski definition) is 2. The molecule has 0 aromatic carbocycles. The van der Waals surface area contributed by atoms with Crippen LogP contribution >= 0.6 is 24.0 Å². The van der Waals surface area contributed by atoms with Crippen molar-refractivity contribution in [3.63, 3.8) is 0 Å². The molecule has 0 saturated heterocycles. The second-order valence-corrected chi connectivity index (χ2v) is 5.05.